The van der Waals surface area contributed by atoms with E-state index in [-0.39, 0.29) is 11.9 Å². The van der Waals surface area contributed by atoms with E-state index < -0.39 is 0 Å². The fraction of sp³-hybridized carbons (Fsp3) is 0.385. The summed E-state index contributed by atoms with van der Waals surface area (Å²) in [6, 6.07) is 5.76. The van der Waals surface area contributed by atoms with Crippen LogP contribution in [0.2, 0.25) is 0 Å². The van der Waals surface area contributed by atoms with Crippen LogP contribution >= 0.6 is 0 Å². The van der Waals surface area contributed by atoms with Gasteiger partial charge >= 0.3 is 0 Å². The number of para-hydroxylation sites is 1. The van der Waals surface area contributed by atoms with Crippen molar-refractivity contribution in [2.45, 2.75) is 19.4 Å². The van der Waals surface area contributed by atoms with Crippen LogP contribution in [-0.2, 0) is 4.79 Å². The van der Waals surface area contributed by atoms with E-state index in [1.165, 1.54) is 0 Å². The summed E-state index contributed by atoms with van der Waals surface area (Å²) < 4.78 is 7.47. The third kappa shape index (κ3) is 1.89. The zero-order valence-corrected chi connectivity index (χ0v) is 10.7. The van der Waals surface area contributed by atoms with Gasteiger partial charge in [0.2, 0.25) is 11.9 Å². The largest absolute Gasteiger partial charge is 0.492 e. The van der Waals surface area contributed by atoms with Crippen LogP contribution in [0.15, 0.2) is 18.2 Å². The molecule has 0 bridgehead atoms. The molecule has 1 saturated heterocycles. The van der Waals surface area contributed by atoms with Crippen LogP contribution in [-0.4, -0.2) is 28.6 Å². The maximum absolute atomic E-state index is 11.4. The summed E-state index contributed by atoms with van der Waals surface area (Å²) in [4.78, 5) is 15.7. The van der Waals surface area contributed by atoms with Crippen LogP contribution in [0.1, 0.15) is 19.4 Å². The first-order valence-corrected chi connectivity index (χ1v) is 6.36. The Morgan fingerprint density at radius 3 is 3.11 bits per heavy atom. The highest BCUT2D eigenvalue weighted by molar-refractivity contribution is 5.85. The first kappa shape index (κ1) is 11.8. The van der Waals surface area contributed by atoms with Crippen LogP contribution in [0, 0.1) is 0 Å². The SMILES string of the molecule is CCOc1cccc2c1nc(N)n2C1CNC(=O)C1. The number of fused-ring (bicyclic) bond motifs is 1. The van der Waals surface area contributed by atoms with Crippen LogP contribution in [0.4, 0.5) is 5.95 Å². The number of amides is 1. The molecule has 1 aromatic heterocycles. The number of ether oxygens (including phenoxy) is 1. The Bertz CT molecular complexity index is 635. The molecule has 2 aromatic rings. The van der Waals surface area contributed by atoms with E-state index in [0.717, 1.165) is 16.8 Å². The molecule has 19 heavy (non-hydrogen) atoms. The molecule has 1 aliphatic rings. The van der Waals surface area contributed by atoms with Crippen LogP contribution in [0.25, 0.3) is 11.0 Å². The molecule has 1 aliphatic heterocycles. The molecular formula is C13H16N4O2. The lowest BCUT2D eigenvalue weighted by Crippen LogP contribution is -2.16. The van der Waals surface area contributed by atoms with Crippen LogP contribution < -0.4 is 15.8 Å². The molecule has 3 N–H and O–H groups in total. The maximum Gasteiger partial charge on any atom is 0.222 e. The Kier molecular flexibility index (Phi) is 2.77. The van der Waals surface area contributed by atoms with Crippen molar-refractivity contribution in [3.8, 4) is 5.75 Å². The molecule has 0 radical (unpaired) electrons. The third-order valence-electron chi connectivity index (χ3n) is 3.33. The Morgan fingerprint density at radius 1 is 1.58 bits per heavy atom. The van der Waals surface area contributed by atoms with Gasteiger partial charge in [-0.3, -0.25) is 4.79 Å². The van der Waals surface area contributed by atoms with Gasteiger partial charge in [0.1, 0.15) is 11.3 Å². The molecule has 1 unspecified atom stereocenters. The summed E-state index contributed by atoms with van der Waals surface area (Å²) >= 11 is 0. The molecule has 100 valence electrons. The van der Waals surface area contributed by atoms with E-state index in [2.05, 4.69) is 10.3 Å². The summed E-state index contributed by atoms with van der Waals surface area (Å²) in [6.07, 6.45) is 0.439. The first-order chi connectivity index (χ1) is 9.20. The standard InChI is InChI=1S/C13H16N4O2/c1-2-19-10-5-3-4-9-12(10)16-13(14)17(9)8-6-11(18)15-7-8/h3-5,8H,2,6-7H2,1H3,(H2,14,16)(H,15,18). The zero-order chi connectivity index (χ0) is 13.4. The van der Waals surface area contributed by atoms with Gasteiger partial charge in [0.05, 0.1) is 18.2 Å². The smallest absolute Gasteiger partial charge is 0.222 e. The van der Waals surface area contributed by atoms with Crippen molar-refractivity contribution in [1.29, 1.82) is 0 Å². The number of carbonyl (C=O) groups excluding carboxylic acids is 1. The lowest BCUT2D eigenvalue weighted by molar-refractivity contribution is -0.119. The number of hydrogen-bond acceptors (Lipinski definition) is 4. The molecule has 1 aromatic carbocycles. The van der Waals surface area contributed by atoms with Gasteiger partial charge in [0, 0.05) is 13.0 Å². The molecular weight excluding hydrogens is 244 g/mol. The minimum Gasteiger partial charge on any atom is -0.492 e. The predicted octanol–water partition coefficient (Wildman–Crippen LogP) is 1.08. The van der Waals surface area contributed by atoms with Gasteiger partial charge in [-0.05, 0) is 19.1 Å². The van der Waals surface area contributed by atoms with E-state index in [9.17, 15) is 4.79 Å². The summed E-state index contributed by atoms with van der Waals surface area (Å²) in [5.74, 6) is 1.19. The molecule has 0 spiro atoms. The molecule has 1 fully saturated rings. The maximum atomic E-state index is 11.4. The van der Waals surface area contributed by atoms with Crippen molar-refractivity contribution in [1.82, 2.24) is 14.9 Å². The van der Waals surface area contributed by atoms with Crippen molar-refractivity contribution in [3.05, 3.63) is 18.2 Å². The summed E-state index contributed by atoms with van der Waals surface area (Å²) in [7, 11) is 0. The highest BCUT2D eigenvalue weighted by Gasteiger charge is 2.26. The van der Waals surface area contributed by atoms with Crippen molar-refractivity contribution in [2.24, 2.45) is 0 Å². The number of nitrogen functional groups attached to an aromatic ring is 1. The van der Waals surface area contributed by atoms with Gasteiger partial charge in [0.15, 0.2) is 0 Å². The molecule has 1 atom stereocenters. The Balaban J connectivity index is 2.12. The fourth-order valence-electron chi connectivity index (χ4n) is 2.54. The number of benzene rings is 1. The van der Waals surface area contributed by atoms with Crippen molar-refractivity contribution >= 4 is 22.9 Å². The van der Waals surface area contributed by atoms with E-state index in [0.29, 0.717) is 25.5 Å². The molecule has 1 amide bonds. The monoisotopic (exact) mass is 260 g/mol. The highest BCUT2D eigenvalue weighted by Crippen LogP contribution is 2.31. The zero-order valence-electron chi connectivity index (χ0n) is 10.7. The van der Waals surface area contributed by atoms with Crippen LogP contribution in [0.5, 0.6) is 5.75 Å². The topological polar surface area (TPSA) is 82.2 Å². The average Bonchev–Trinajstić information content (AvgIpc) is 2.93. The van der Waals surface area contributed by atoms with Crippen molar-refractivity contribution in [3.63, 3.8) is 0 Å². The highest BCUT2D eigenvalue weighted by atomic mass is 16.5. The van der Waals surface area contributed by atoms with E-state index >= 15 is 0 Å². The Hall–Kier alpha value is -2.24. The lowest BCUT2D eigenvalue weighted by atomic mass is 10.2. The van der Waals surface area contributed by atoms with Crippen molar-refractivity contribution in [2.75, 3.05) is 18.9 Å². The van der Waals surface area contributed by atoms with E-state index in [1.807, 2.05) is 29.7 Å². The minimum atomic E-state index is 0.0226. The van der Waals surface area contributed by atoms with Gasteiger partial charge in [-0.25, -0.2) is 4.98 Å². The average molecular weight is 260 g/mol. The fourth-order valence-corrected chi connectivity index (χ4v) is 2.54. The number of nitrogens with one attached hydrogen (secondary N) is 1. The predicted molar refractivity (Wildman–Crippen MR) is 72.0 cm³/mol. The van der Waals surface area contributed by atoms with Gasteiger partial charge in [0.25, 0.3) is 0 Å². The van der Waals surface area contributed by atoms with Gasteiger partial charge in [-0.1, -0.05) is 6.07 Å². The number of nitrogens with two attached hydrogens (primary N) is 1. The second-order valence-electron chi connectivity index (χ2n) is 4.56. The molecule has 3 rings (SSSR count). The Morgan fingerprint density at radius 2 is 2.42 bits per heavy atom. The normalized spacial score (nSPS) is 18.8. The molecule has 6 nitrogen and oxygen atoms in total. The van der Waals surface area contributed by atoms with E-state index in [4.69, 9.17) is 10.5 Å². The van der Waals surface area contributed by atoms with Crippen LogP contribution in [0.3, 0.4) is 0 Å². The molecule has 0 aliphatic carbocycles. The number of imidazole rings is 1. The van der Waals surface area contributed by atoms with Gasteiger partial charge in [-0.2, -0.15) is 0 Å². The van der Waals surface area contributed by atoms with Gasteiger partial charge < -0.3 is 20.4 Å². The van der Waals surface area contributed by atoms with Gasteiger partial charge in [-0.15, -0.1) is 0 Å². The van der Waals surface area contributed by atoms with E-state index in [1.54, 1.807) is 0 Å². The minimum absolute atomic E-state index is 0.0226. The number of rotatable bonds is 3. The molecule has 0 saturated carbocycles. The summed E-state index contributed by atoms with van der Waals surface area (Å²) in [6.45, 7) is 3.10. The number of anilines is 1. The summed E-state index contributed by atoms with van der Waals surface area (Å²) in [5.41, 5.74) is 7.66. The Labute approximate surface area is 110 Å². The third-order valence-corrected chi connectivity index (χ3v) is 3.33. The second-order valence-corrected chi connectivity index (χ2v) is 4.56. The number of aromatic nitrogens is 2. The quantitative estimate of drug-likeness (QED) is 0.865. The second kappa shape index (κ2) is 4.46. The molecule has 2 heterocycles. The first-order valence-electron chi connectivity index (χ1n) is 6.36. The number of nitrogens with zero attached hydrogens (tertiary/aromatic N) is 2. The number of carbonyl (C=O) groups is 1. The van der Waals surface area contributed by atoms with Crippen molar-refractivity contribution < 1.29 is 9.53 Å². The summed E-state index contributed by atoms with van der Waals surface area (Å²) in [5, 5.41) is 2.82. The molecule has 6 heteroatoms. The lowest BCUT2D eigenvalue weighted by Gasteiger charge is -2.12. The number of hydrogen-bond donors (Lipinski definition) is 2.